The molecule has 3 fully saturated rings. The normalized spacial score (nSPS) is 27.4. The Morgan fingerprint density at radius 3 is 2.38 bits per heavy atom. The number of hydrogen-bond acceptors (Lipinski definition) is 5. The SMILES string of the molecule is COC1(C(=O)N2CCN(CC(=O)N3CCCCC3C)CC2)CCNCC1. The van der Waals surface area contributed by atoms with E-state index in [0.717, 1.165) is 58.4 Å². The zero-order valence-electron chi connectivity index (χ0n) is 16.3. The van der Waals surface area contributed by atoms with Crippen molar-refractivity contribution in [1.29, 1.82) is 0 Å². The first-order valence-corrected chi connectivity index (χ1v) is 10.1. The summed E-state index contributed by atoms with van der Waals surface area (Å²) in [5.74, 6) is 0.362. The first-order valence-electron chi connectivity index (χ1n) is 10.1. The van der Waals surface area contributed by atoms with E-state index in [2.05, 4.69) is 17.1 Å². The third-order valence-electron chi connectivity index (χ3n) is 6.33. The molecule has 0 radical (unpaired) electrons. The summed E-state index contributed by atoms with van der Waals surface area (Å²) in [5, 5.41) is 3.29. The van der Waals surface area contributed by atoms with Crippen LogP contribution in [-0.4, -0.2) is 97.6 Å². The number of hydrogen-bond donors (Lipinski definition) is 1. The van der Waals surface area contributed by atoms with Gasteiger partial charge < -0.3 is 19.9 Å². The Labute approximate surface area is 157 Å². The van der Waals surface area contributed by atoms with Gasteiger partial charge in [0, 0.05) is 45.9 Å². The molecule has 0 aromatic heterocycles. The fourth-order valence-corrected chi connectivity index (χ4v) is 4.48. The zero-order valence-corrected chi connectivity index (χ0v) is 16.3. The van der Waals surface area contributed by atoms with Crippen LogP contribution in [0.3, 0.4) is 0 Å². The molecule has 0 aromatic carbocycles. The van der Waals surface area contributed by atoms with Gasteiger partial charge in [0.15, 0.2) is 0 Å². The first kappa shape index (κ1) is 19.6. The van der Waals surface area contributed by atoms with Crippen LogP contribution in [0.1, 0.15) is 39.0 Å². The van der Waals surface area contributed by atoms with Gasteiger partial charge in [-0.15, -0.1) is 0 Å². The van der Waals surface area contributed by atoms with Crippen molar-refractivity contribution >= 4 is 11.8 Å². The lowest BCUT2D eigenvalue weighted by molar-refractivity contribution is -0.160. The smallest absolute Gasteiger partial charge is 0.254 e. The minimum Gasteiger partial charge on any atom is -0.368 e. The van der Waals surface area contributed by atoms with E-state index < -0.39 is 5.60 Å². The predicted octanol–water partition coefficient (Wildman–Crippen LogP) is 0.300. The number of likely N-dealkylation sites (tertiary alicyclic amines) is 1. The van der Waals surface area contributed by atoms with Gasteiger partial charge in [-0.2, -0.15) is 0 Å². The van der Waals surface area contributed by atoms with Crippen LogP contribution in [0, 0.1) is 0 Å². The van der Waals surface area contributed by atoms with Gasteiger partial charge >= 0.3 is 0 Å². The van der Waals surface area contributed by atoms with Gasteiger partial charge in [0.05, 0.1) is 6.54 Å². The highest BCUT2D eigenvalue weighted by Crippen LogP contribution is 2.26. The van der Waals surface area contributed by atoms with E-state index in [9.17, 15) is 9.59 Å². The Balaban J connectivity index is 1.49. The molecule has 7 heteroatoms. The van der Waals surface area contributed by atoms with Crippen molar-refractivity contribution in [2.45, 2.75) is 50.7 Å². The average Bonchev–Trinajstić information content (AvgIpc) is 2.69. The van der Waals surface area contributed by atoms with E-state index in [-0.39, 0.29) is 11.8 Å². The summed E-state index contributed by atoms with van der Waals surface area (Å²) >= 11 is 0. The third-order valence-corrected chi connectivity index (χ3v) is 6.33. The topological polar surface area (TPSA) is 65.1 Å². The van der Waals surface area contributed by atoms with Crippen molar-refractivity contribution in [2.24, 2.45) is 0 Å². The van der Waals surface area contributed by atoms with Crippen LogP contribution in [-0.2, 0) is 14.3 Å². The second-order valence-electron chi connectivity index (χ2n) is 7.95. The molecule has 0 bridgehead atoms. The fraction of sp³-hybridized carbons (Fsp3) is 0.895. The maximum Gasteiger partial charge on any atom is 0.254 e. The van der Waals surface area contributed by atoms with E-state index in [4.69, 9.17) is 4.74 Å². The average molecular weight is 367 g/mol. The molecule has 1 atom stereocenters. The van der Waals surface area contributed by atoms with E-state index >= 15 is 0 Å². The fourth-order valence-electron chi connectivity index (χ4n) is 4.48. The minimum atomic E-state index is -0.660. The van der Waals surface area contributed by atoms with Crippen LogP contribution in [0.2, 0.25) is 0 Å². The maximum absolute atomic E-state index is 13.0. The molecule has 0 aromatic rings. The predicted molar refractivity (Wildman–Crippen MR) is 99.9 cm³/mol. The van der Waals surface area contributed by atoms with Gasteiger partial charge in [0.1, 0.15) is 5.60 Å². The summed E-state index contributed by atoms with van der Waals surface area (Å²) in [4.78, 5) is 31.8. The number of piperazine rings is 1. The number of nitrogens with zero attached hydrogens (tertiary/aromatic N) is 3. The first-order chi connectivity index (χ1) is 12.6. The number of nitrogens with one attached hydrogen (secondary N) is 1. The highest BCUT2D eigenvalue weighted by Gasteiger charge is 2.43. The van der Waals surface area contributed by atoms with Gasteiger partial charge in [-0.1, -0.05) is 0 Å². The Morgan fingerprint density at radius 2 is 1.77 bits per heavy atom. The molecular weight excluding hydrogens is 332 g/mol. The molecule has 0 saturated carbocycles. The van der Waals surface area contributed by atoms with Crippen molar-refractivity contribution in [3.8, 4) is 0 Å². The second-order valence-corrected chi connectivity index (χ2v) is 7.95. The van der Waals surface area contributed by atoms with Gasteiger partial charge in [-0.05, 0) is 52.1 Å². The van der Waals surface area contributed by atoms with E-state index in [0.29, 0.717) is 25.7 Å². The molecule has 3 heterocycles. The summed E-state index contributed by atoms with van der Waals surface area (Å²) in [5.41, 5.74) is -0.660. The standard InChI is InChI=1S/C19H34N4O3/c1-16-5-3-4-10-23(16)17(24)15-21-11-13-22(14-12-21)18(25)19(26-2)6-8-20-9-7-19/h16,20H,3-15H2,1-2H3. The number of methoxy groups -OCH3 is 1. The lowest BCUT2D eigenvalue weighted by atomic mass is 9.90. The molecule has 1 N–H and O–H groups in total. The van der Waals surface area contributed by atoms with E-state index in [1.165, 1.54) is 6.42 Å². The highest BCUT2D eigenvalue weighted by molar-refractivity contribution is 5.85. The minimum absolute atomic E-state index is 0.122. The molecule has 2 amide bonds. The molecule has 1 unspecified atom stereocenters. The monoisotopic (exact) mass is 366 g/mol. The third kappa shape index (κ3) is 4.21. The molecule has 0 aliphatic carbocycles. The van der Waals surface area contributed by atoms with Crippen LogP contribution < -0.4 is 5.32 Å². The van der Waals surface area contributed by atoms with Gasteiger partial charge in [-0.25, -0.2) is 0 Å². The molecule has 26 heavy (non-hydrogen) atoms. The number of piperidine rings is 2. The second kappa shape index (κ2) is 8.67. The summed E-state index contributed by atoms with van der Waals surface area (Å²) in [6.45, 7) is 8.05. The number of amides is 2. The number of carbonyl (C=O) groups is 2. The van der Waals surface area contributed by atoms with Gasteiger partial charge in [-0.3, -0.25) is 14.5 Å². The van der Waals surface area contributed by atoms with Crippen LogP contribution in [0.5, 0.6) is 0 Å². The molecule has 0 spiro atoms. The van der Waals surface area contributed by atoms with Crippen LogP contribution >= 0.6 is 0 Å². The van der Waals surface area contributed by atoms with Crippen molar-refractivity contribution in [3.05, 3.63) is 0 Å². The Hall–Kier alpha value is -1.18. The number of carbonyl (C=O) groups excluding carboxylic acids is 2. The van der Waals surface area contributed by atoms with Crippen LogP contribution in [0.15, 0.2) is 0 Å². The van der Waals surface area contributed by atoms with Gasteiger partial charge in [0.2, 0.25) is 5.91 Å². The largest absolute Gasteiger partial charge is 0.368 e. The maximum atomic E-state index is 13.0. The van der Waals surface area contributed by atoms with Crippen molar-refractivity contribution in [2.75, 3.05) is 59.5 Å². The summed E-state index contributed by atoms with van der Waals surface area (Å²) < 4.78 is 5.67. The van der Waals surface area contributed by atoms with Crippen molar-refractivity contribution < 1.29 is 14.3 Å². The summed E-state index contributed by atoms with van der Waals surface area (Å²) in [7, 11) is 1.65. The number of rotatable bonds is 4. The molecule has 148 valence electrons. The quantitative estimate of drug-likeness (QED) is 0.775. The van der Waals surface area contributed by atoms with Crippen LogP contribution in [0.4, 0.5) is 0 Å². The Morgan fingerprint density at radius 1 is 1.08 bits per heavy atom. The van der Waals surface area contributed by atoms with Gasteiger partial charge in [0.25, 0.3) is 5.91 Å². The lowest BCUT2D eigenvalue weighted by Crippen LogP contribution is -2.60. The zero-order chi connectivity index (χ0) is 18.6. The molecule has 3 saturated heterocycles. The summed E-state index contributed by atoms with van der Waals surface area (Å²) in [6.07, 6.45) is 4.92. The number of ether oxygens (including phenoxy) is 1. The van der Waals surface area contributed by atoms with Crippen molar-refractivity contribution in [3.63, 3.8) is 0 Å². The molecule has 3 aliphatic heterocycles. The van der Waals surface area contributed by atoms with E-state index in [1.807, 2.05) is 9.80 Å². The van der Waals surface area contributed by atoms with Crippen molar-refractivity contribution in [1.82, 2.24) is 20.0 Å². The van der Waals surface area contributed by atoms with Crippen LogP contribution in [0.25, 0.3) is 0 Å². The summed E-state index contributed by atoms with van der Waals surface area (Å²) in [6, 6.07) is 0.362. The molecule has 7 nitrogen and oxygen atoms in total. The molecule has 3 rings (SSSR count). The Kier molecular flexibility index (Phi) is 6.53. The lowest BCUT2D eigenvalue weighted by Gasteiger charge is -2.42. The highest BCUT2D eigenvalue weighted by atomic mass is 16.5. The molecule has 3 aliphatic rings. The molecular formula is C19H34N4O3. The van der Waals surface area contributed by atoms with E-state index in [1.54, 1.807) is 7.11 Å². The Bertz CT molecular complexity index is 499.